The Balaban J connectivity index is 1.59. The lowest BCUT2D eigenvalue weighted by Crippen LogP contribution is -2.16. The number of nitrogens with zero attached hydrogens (tertiary/aromatic N) is 2. The number of hydrogen-bond acceptors (Lipinski definition) is 2. The molecule has 128 valence electrons. The maximum Gasteiger partial charge on any atom is 0.225 e. The first-order chi connectivity index (χ1) is 12.1. The average molecular weight is 337 g/mol. The van der Waals surface area contributed by atoms with Crippen LogP contribution in [0, 0.1) is 12.7 Å². The molecular formula is C20H20FN3O. The van der Waals surface area contributed by atoms with Crippen molar-refractivity contribution >= 4 is 11.7 Å². The molecule has 0 saturated carbocycles. The summed E-state index contributed by atoms with van der Waals surface area (Å²) in [7, 11) is 0. The van der Waals surface area contributed by atoms with Crippen molar-refractivity contribution in [1.29, 1.82) is 0 Å². The summed E-state index contributed by atoms with van der Waals surface area (Å²) in [4.78, 5) is 12.2. The van der Waals surface area contributed by atoms with Crippen molar-refractivity contribution in [3.05, 3.63) is 83.3 Å². The van der Waals surface area contributed by atoms with Gasteiger partial charge in [-0.1, -0.05) is 42.0 Å². The second kappa shape index (κ2) is 7.75. The van der Waals surface area contributed by atoms with Crippen LogP contribution < -0.4 is 5.32 Å². The van der Waals surface area contributed by atoms with Crippen LogP contribution in [-0.2, 0) is 17.8 Å². The molecule has 0 saturated heterocycles. The Hall–Kier alpha value is -2.95. The Morgan fingerprint density at radius 3 is 2.72 bits per heavy atom. The Kier molecular flexibility index (Phi) is 5.23. The van der Waals surface area contributed by atoms with Crippen LogP contribution >= 0.6 is 0 Å². The number of amides is 1. The lowest BCUT2D eigenvalue weighted by atomic mass is 10.1. The van der Waals surface area contributed by atoms with Crippen molar-refractivity contribution in [2.24, 2.45) is 0 Å². The predicted molar refractivity (Wildman–Crippen MR) is 95.9 cm³/mol. The maximum atomic E-state index is 13.2. The van der Waals surface area contributed by atoms with E-state index in [2.05, 4.69) is 16.5 Å². The van der Waals surface area contributed by atoms with E-state index in [1.54, 1.807) is 23.0 Å². The van der Waals surface area contributed by atoms with E-state index >= 15 is 0 Å². The van der Waals surface area contributed by atoms with Gasteiger partial charge in [0.2, 0.25) is 5.91 Å². The number of benzene rings is 2. The molecule has 0 atom stereocenters. The minimum absolute atomic E-state index is 0.116. The van der Waals surface area contributed by atoms with Gasteiger partial charge in [-0.2, -0.15) is 5.10 Å². The predicted octanol–water partition coefficient (Wildman–Crippen LogP) is 3.95. The lowest BCUT2D eigenvalue weighted by Gasteiger charge is -2.10. The molecule has 3 aromatic rings. The fourth-order valence-corrected chi connectivity index (χ4v) is 2.70. The van der Waals surface area contributed by atoms with Gasteiger partial charge in [0.1, 0.15) is 11.6 Å². The standard InChI is InChI=1S/C20H20FN3O/c1-15-4-2-6-17(12-15)14-24-19(10-11-22-24)23-20(25)9-8-16-5-3-7-18(21)13-16/h2-7,10-13H,8-9,14H2,1H3,(H,23,25). The van der Waals surface area contributed by atoms with E-state index in [4.69, 9.17) is 0 Å². The summed E-state index contributed by atoms with van der Waals surface area (Å²) in [5.74, 6) is 0.259. The Labute approximate surface area is 146 Å². The van der Waals surface area contributed by atoms with Gasteiger partial charge in [0, 0.05) is 12.5 Å². The van der Waals surface area contributed by atoms with Crippen LogP contribution in [0.2, 0.25) is 0 Å². The zero-order chi connectivity index (χ0) is 17.6. The number of aryl methyl sites for hydroxylation is 2. The van der Waals surface area contributed by atoms with E-state index < -0.39 is 0 Å². The first-order valence-electron chi connectivity index (χ1n) is 8.22. The molecular weight excluding hydrogens is 317 g/mol. The van der Waals surface area contributed by atoms with E-state index in [-0.39, 0.29) is 11.7 Å². The van der Waals surface area contributed by atoms with Crippen molar-refractivity contribution < 1.29 is 9.18 Å². The van der Waals surface area contributed by atoms with Crippen LogP contribution in [0.4, 0.5) is 10.2 Å². The van der Waals surface area contributed by atoms with Gasteiger partial charge in [0.05, 0.1) is 12.7 Å². The summed E-state index contributed by atoms with van der Waals surface area (Å²) in [5.41, 5.74) is 3.12. The number of carbonyl (C=O) groups excluding carboxylic acids is 1. The molecule has 0 spiro atoms. The van der Waals surface area contributed by atoms with E-state index in [9.17, 15) is 9.18 Å². The molecule has 0 bridgehead atoms. The van der Waals surface area contributed by atoms with Crippen LogP contribution in [-0.4, -0.2) is 15.7 Å². The average Bonchev–Trinajstić information content (AvgIpc) is 3.00. The SMILES string of the molecule is Cc1cccc(Cn2nccc2NC(=O)CCc2cccc(F)c2)c1. The van der Waals surface area contributed by atoms with Gasteiger partial charge >= 0.3 is 0 Å². The number of rotatable bonds is 6. The van der Waals surface area contributed by atoms with Crippen LogP contribution in [0.25, 0.3) is 0 Å². The Morgan fingerprint density at radius 1 is 1.12 bits per heavy atom. The quantitative estimate of drug-likeness (QED) is 0.740. The van der Waals surface area contributed by atoms with Gasteiger partial charge in [-0.05, 0) is 36.6 Å². The third kappa shape index (κ3) is 4.76. The zero-order valence-corrected chi connectivity index (χ0v) is 14.1. The fraction of sp³-hybridized carbons (Fsp3) is 0.200. The number of carbonyl (C=O) groups is 1. The van der Waals surface area contributed by atoms with Crippen molar-refractivity contribution in [2.75, 3.05) is 5.32 Å². The summed E-state index contributed by atoms with van der Waals surface area (Å²) in [5, 5.41) is 7.15. The molecule has 0 aliphatic rings. The maximum absolute atomic E-state index is 13.2. The van der Waals surface area contributed by atoms with Crippen LogP contribution in [0.15, 0.2) is 60.8 Å². The summed E-state index contributed by atoms with van der Waals surface area (Å²) in [6.45, 7) is 2.63. The summed E-state index contributed by atoms with van der Waals surface area (Å²) >= 11 is 0. The molecule has 1 N–H and O–H groups in total. The molecule has 0 aliphatic heterocycles. The van der Waals surface area contributed by atoms with E-state index in [1.807, 2.05) is 31.2 Å². The molecule has 1 aromatic heterocycles. The molecule has 0 aliphatic carbocycles. The molecule has 0 unspecified atom stereocenters. The van der Waals surface area contributed by atoms with Crippen LogP contribution in [0.3, 0.4) is 0 Å². The molecule has 2 aromatic carbocycles. The largest absolute Gasteiger partial charge is 0.311 e. The second-order valence-electron chi connectivity index (χ2n) is 6.04. The van der Waals surface area contributed by atoms with Gasteiger partial charge in [-0.3, -0.25) is 4.79 Å². The molecule has 1 heterocycles. The Morgan fingerprint density at radius 2 is 1.92 bits per heavy atom. The summed E-state index contributed by atoms with van der Waals surface area (Å²) in [6.07, 6.45) is 2.45. The van der Waals surface area contributed by atoms with Crippen LogP contribution in [0.5, 0.6) is 0 Å². The highest BCUT2D eigenvalue weighted by Gasteiger charge is 2.08. The van der Waals surface area contributed by atoms with E-state index in [0.717, 1.165) is 11.1 Å². The van der Waals surface area contributed by atoms with Crippen molar-refractivity contribution in [3.8, 4) is 0 Å². The van der Waals surface area contributed by atoms with Gasteiger partial charge < -0.3 is 5.32 Å². The first kappa shape index (κ1) is 16.9. The van der Waals surface area contributed by atoms with Gasteiger partial charge in [0.25, 0.3) is 0 Å². The lowest BCUT2D eigenvalue weighted by molar-refractivity contribution is -0.116. The van der Waals surface area contributed by atoms with E-state index in [1.165, 1.54) is 17.7 Å². The summed E-state index contributed by atoms with van der Waals surface area (Å²) in [6, 6.07) is 16.3. The minimum atomic E-state index is -0.283. The van der Waals surface area contributed by atoms with Gasteiger partial charge in [-0.25, -0.2) is 9.07 Å². The van der Waals surface area contributed by atoms with Gasteiger partial charge in [0.15, 0.2) is 0 Å². The fourth-order valence-electron chi connectivity index (χ4n) is 2.70. The number of aromatic nitrogens is 2. The number of hydrogen-bond donors (Lipinski definition) is 1. The smallest absolute Gasteiger partial charge is 0.225 e. The molecule has 4 nitrogen and oxygen atoms in total. The molecule has 1 amide bonds. The topological polar surface area (TPSA) is 46.9 Å². The minimum Gasteiger partial charge on any atom is -0.311 e. The Bertz CT molecular complexity index is 873. The van der Waals surface area contributed by atoms with Crippen molar-refractivity contribution in [1.82, 2.24) is 9.78 Å². The first-order valence-corrected chi connectivity index (χ1v) is 8.22. The highest BCUT2D eigenvalue weighted by molar-refractivity contribution is 5.89. The highest BCUT2D eigenvalue weighted by Crippen LogP contribution is 2.13. The highest BCUT2D eigenvalue weighted by atomic mass is 19.1. The van der Waals surface area contributed by atoms with Crippen molar-refractivity contribution in [3.63, 3.8) is 0 Å². The number of halogens is 1. The van der Waals surface area contributed by atoms with Crippen molar-refractivity contribution in [2.45, 2.75) is 26.3 Å². The van der Waals surface area contributed by atoms with Gasteiger partial charge in [-0.15, -0.1) is 0 Å². The monoisotopic (exact) mass is 337 g/mol. The normalized spacial score (nSPS) is 10.6. The second-order valence-corrected chi connectivity index (χ2v) is 6.04. The third-order valence-corrected chi connectivity index (χ3v) is 3.93. The zero-order valence-electron chi connectivity index (χ0n) is 14.1. The molecule has 0 fully saturated rings. The molecule has 5 heteroatoms. The molecule has 3 rings (SSSR count). The number of anilines is 1. The van der Waals surface area contributed by atoms with E-state index in [0.29, 0.717) is 25.2 Å². The molecule has 0 radical (unpaired) electrons. The summed E-state index contributed by atoms with van der Waals surface area (Å²) < 4.78 is 14.9. The number of nitrogens with one attached hydrogen (secondary N) is 1. The molecule has 25 heavy (non-hydrogen) atoms. The van der Waals surface area contributed by atoms with Crippen LogP contribution in [0.1, 0.15) is 23.1 Å². The third-order valence-electron chi connectivity index (χ3n) is 3.93.